The summed E-state index contributed by atoms with van der Waals surface area (Å²) in [6, 6.07) is 20.5. The van der Waals surface area contributed by atoms with Crippen LogP contribution in [0.2, 0.25) is 0 Å². The highest BCUT2D eigenvalue weighted by atomic mass is 16.5. The SMILES string of the molecule is CCOc1cccc(C2/C(=C(\O)c3ccc(OC)c(C)c3)C(=O)C(=O)N2c2ccccc2)c1. The third kappa shape index (κ3) is 4.07. The maximum absolute atomic E-state index is 13.2. The molecular formula is C27H25NO5. The molecule has 1 saturated heterocycles. The van der Waals surface area contributed by atoms with Gasteiger partial charge < -0.3 is 14.6 Å². The Morgan fingerprint density at radius 3 is 2.42 bits per heavy atom. The number of rotatable bonds is 6. The van der Waals surface area contributed by atoms with Gasteiger partial charge >= 0.3 is 0 Å². The predicted octanol–water partition coefficient (Wildman–Crippen LogP) is 5.03. The summed E-state index contributed by atoms with van der Waals surface area (Å²) in [6.07, 6.45) is 0. The molecule has 1 atom stereocenters. The van der Waals surface area contributed by atoms with E-state index in [1.807, 2.05) is 38.1 Å². The van der Waals surface area contributed by atoms with Crippen molar-refractivity contribution in [3.05, 3.63) is 95.1 Å². The molecule has 1 heterocycles. The number of ketones is 1. The number of aryl methyl sites for hydroxylation is 1. The summed E-state index contributed by atoms with van der Waals surface area (Å²) in [5, 5.41) is 11.3. The molecule has 1 fully saturated rings. The molecular weight excluding hydrogens is 418 g/mol. The van der Waals surface area contributed by atoms with Crippen LogP contribution >= 0.6 is 0 Å². The van der Waals surface area contributed by atoms with E-state index in [-0.39, 0.29) is 11.3 Å². The number of para-hydroxylation sites is 1. The Bertz CT molecular complexity index is 1230. The van der Waals surface area contributed by atoms with Gasteiger partial charge in [0.15, 0.2) is 0 Å². The van der Waals surface area contributed by atoms with Gasteiger partial charge in [-0.3, -0.25) is 14.5 Å². The normalized spacial score (nSPS) is 17.3. The lowest BCUT2D eigenvalue weighted by Gasteiger charge is -2.25. The molecule has 1 aliphatic heterocycles. The smallest absolute Gasteiger partial charge is 0.300 e. The van der Waals surface area contributed by atoms with Crippen molar-refractivity contribution in [1.29, 1.82) is 0 Å². The molecule has 0 aliphatic carbocycles. The van der Waals surface area contributed by atoms with Crippen LogP contribution in [-0.2, 0) is 9.59 Å². The quantitative estimate of drug-likeness (QED) is 0.329. The van der Waals surface area contributed by atoms with Crippen LogP contribution < -0.4 is 14.4 Å². The van der Waals surface area contributed by atoms with E-state index in [9.17, 15) is 14.7 Å². The number of hydrogen-bond donors (Lipinski definition) is 1. The molecule has 1 aliphatic rings. The van der Waals surface area contributed by atoms with Crippen LogP contribution in [0.3, 0.4) is 0 Å². The van der Waals surface area contributed by atoms with Crippen molar-refractivity contribution >= 4 is 23.1 Å². The van der Waals surface area contributed by atoms with Gasteiger partial charge in [-0.05, 0) is 67.4 Å². The Labute approximate surface area is 192 Å². The molecule has 6 nitrogen and oxygen atoms in total. The number of aliphatic hydroxyl groups is 1. The van der Waals surface area contributed by atoms with Gasteiger partial charge in [-0.25, -0.2) is 0 Å². The third-order valence-corrected chi connectivity index (χ3v) is 5.63. The van der Waals surface area contributed by atoms with Crippen LogP contribution in [0.4, 0.5) is 5.69 Å². The summed E-state index contributed by atoms with van der Waals surface area (Å²) in [5.74, 6) is -0.382. The molecule has 0 spiro atoms. The zero-order valence-corrected chi connectivity index (χ0v) is 18.7. The first-order chi connectivity index (χ1) is 16.0. The first-order valence-corrected chi connectivity index (χ1v) is 10.7. The number of aliphatic hydroxyl groups excluding tert-OH is 1. The van der Waals surface area contributed by atoms with E-state index in [4.69, 9.17) is 9.47 Å². The van der Waals surface area contributed by atoms with Crippen LogP contribution in [0, 0.1) is 6.92 Å². The van der Waals surface area contributed by atoms with E-state index >= 15 is 0 Å². The summed E-state index contributed by atoms with van der Waals surface area (Å²) in [4.78, 5) is 27.9. The number of nitrogens with zero attached hydrogens (tertiary/aromatic N) is 1. The Morgan fingerprint density at radius 1 is 1.00 bits per heavy atom. The highest BCUT2D eigenvalue weighted by molar-refractivity contribution is 6.51. The summed E-state index contributed by atoms with van der Waals surface area (Å²) >= 11 is 0. The number of amides is 1. The van der Waals surface area contributed by atoms with Gasteiger partial charge in [0.1, 0.15) is 17.3 Å². The monoisotopic (exact) mass is 443 g/mol. The maximum Gasteiger partial charge on any atom is 0.300 e. The van der Waals surface area contributed by atoms with Gasteiger partial charge in [0, 0.05) is 11.3 Å². The van der Waals surface area contributed by atoms with Crippen LogP contribution in [0.25, 0.3) is 5.76 Å². The summed E-state index contributed by atoms with van der Waals surface area (Å²) in [7, 11) is 1.57. The fraction of sp³-hybridized carbons (Fsp3) is 0.185. The van der Waals surface area contributed by atoms with Gasteiger partial charge in [-0.2, -0.15) is 0 Å². The van der Waals surface area contributed by atoms with Crippen molar-refractivity contribution in [2.75, 3.05) is 18.6 Å². The van der Waals surface area contributed by atoms with E-state index in [2.05, 4.69) is 0 Å². The zero-order valence-electron chi connectivity index (χ0n) is 18.7. The van der Waals surface area contributed by atoms with Crippen molar-refractivity contribution in [3.63, 3.8) is 0 Å². The van der Waals surface area contributed by atoms with Crippen molar-refractivity contribution in [3.8, 4) is 11.5 Å². The average Bonchev–Trinajstić information content (AvgIpc) is 3.10. The Kier molecular flexibility index (Phi) is 6.18. The lowest BCUT2D eigenvalue weighted by molar-refractivity contribution is -0.132. The lowest BCUT2D eigenvalue weighted by atomic mass is 9.94. The molecule has 168 valence electrons. The number of ether oxygens (including phenoxy) is 2. The minimum atomic E-state index is -0.810. The fourth-order valence-corrected chi connectivity index (χ4v) is 4.13. The minimum Gasteiger partial charge on any atom is -0.507 e. The topological polar surface area (TPSA) is 76.1 Å². The molecule has 1 unspecified atom stereocenters. The van der Waals surface area contributed by atoms with E-state index in [0.717, 1.165) is 5.56 Å². The van der Waals surface area contributed by atoms with Gasteiger partial charge in [0.25, 0.3) is 11.7 Å². The Balaban J connectivity index is 1.93. The molecule has 33 heavy (non-hydrogen) atoms. The van der Waals surface area contributed by atoms with Crippen molar-refractivity contribution in [1.82, 2.24) is 0 Å². The van der Waals surface area contributed by atoms with E-state index in [0.29, 0.717) is 34.9 Å². The summed E-state index contributed by atoms with van der Waals surface area (Å²) in [6.45, 7) is 4.21. The Morgan fingerprint density at radius 2 is 1.76 bits per heavy atom. The van der Waals surface area contributed by atoms with Crippen LogP contribution in [0.1, 0.15) is 29.7 Å². The molecule has 1 amide bonds. The first-order valence-electron chi connectivity index (χ1n) is 10.7. The molecule has 0 radical (unpaired) electrons. The molecule has 3 aromatic rings. The molecule has 1 N–H and O–H groups in total. The van der Waals surface area contributed by atoms with Gasteiger partial charge in [-0.1, -0.05) is 30.3 Å². The van der Waals surface area contributed by atoms with E-state index in [1.165, 1.54) is 4.90 Å². The molecule has 6 heteroatoms. The van der Waals surface area contributed by atoms with Gasteiger partial charge in [-0.15, -0.1) is 0 Å². The fourth-order valence-electron chi connectivity index (χ4n) is 4.13. The molecule has 0 saturated carbocycles. The minimum absolute atomic E-state index is 0.0297. The standard InChI is InChI=1S/C27H25NO5/c1-4-33-21-12-8-9-18(16-21)24-23(25(29)19-13-14-22(32-3)17(2)15-19)26(30)27(31)28(24)20-10-6-5-7-11-20/h5-16,24,29H,4H2,1-3H3/b25-23+. The maximum atomic E-state index is 13.2. The average molecular weight is 443 g/mol. The second kappa shape index (κ2) is 9.20. The second-order valence-electron chi connectivity index (χ2n) is 7.69. The zero-order chi connectivity index (χ0) is 23.5. The molecule has 0 bridgehead atoms. The largest absolute Gasteiger partial charge is 0.507 e. The number of carbonyl (C=O) groups is 2. The molecule has 4 rings (SSSR count). The van der Waals surface area contributed by atoms with Crippen LogP contribution in [0.15, 0.2) is 78.4 Å². The van der Waals surface area contributed by atoms with Gasteiger partial charge in [0.2, 0.25) is 0 Å². The highest BCUT2D eigenvalue weighted by Crippen LogP contribution is 2.43. The summed E-state index contributed by atoms with van der Waals surface area (Å²) < 4.78 is 10.9. The van der Waals surface area contributed by atoms with Gasteiger partial charge in [0.05, 0.1) is 25.3 Å². The number of Topliss-reactive ketones (excluding diaryl/α,β-unsaturated/α-hetero) is 1. The van der Waals surface area contributed by atoms with Crippen molar-refractivity contribution < 1.29 is 24.2 Å². The van der Waals surface area contributed by atoms with E-state index < -0.39 is 17.7 Å². The van der Waals surface area contributed by atoms with Crippen molar-refractivity contribution in [2.45, 2.75) is 19.9 Å². The predicted molar refractivity (Wildman–Crippen MR) is 127 cm³/mol. The van der Waals surface area contributed by atoms with Crippen molar-refractivity contribution in [2.24, 2.45) is 0 Å². The first kappa shape index (κ1) is 22.1. The number of hydrogen-bond acceptors (Lipinski definition) is 5. The van der Waals surface area contributed by atoms with Crippen LogP contribution in [-0.4, -0.2) is 30.5 Å². The summed E-state index contributed by atoms with van der Waals surface area (Å²) in [5.41, 5.74) is 2.49. The molecule has 3 aromatic carbocycles. The third-order valence-electron chi connectivity index (χ3n) is 5.63. The number of benzene rings is 3. The van der Waals surface area contributed by atoms with E-state index in [1.54, 1.807) is 55.6 Å². The highest BCUT2D eigenvalue weighted by Gasteiger charge is 2.47. The number of carbonyl (C=O) groups excluding carboxylic acids is 2. The number of methoxy groups -OCH3 is 1. The lowest BCUT2D eigenvalue weighted by Crippen LogP contribution is -2.29. The number of anilines is 1. The Hall–Kier alpha value is -4.06. The van der Waals surface area contributed by atoms with Crippen LogP contribution in [0.5, 0.6) is 11.5 Å². The second-order valence-corrected chi connectivity index (χ2v) is 7.69. The molecule has 0 aromatic heterocycles.